The Bertz CT molecular complexity index is 1660. The number of aromatic nitrogens is 4. The van der Waals surface area contributed by atoms with Crippen molar-refractivity contribution in [1.82, 2.24) is 20.0 Å². The number of carbonyl (C=O) groups excluding carboxylic acids is 2. The first-order valence-corrected chi connectivity index (χ1v) is 13.9. The van der Waals surface area contributed by atoms with Crippen LogP contribution in [0.1, 0.15) is 65.6 Å². The summed E-state index contributed by atoms with van der Waals surface area (Å²) >= 11 is 0. The van der Waals surface area contributed by atoms with Gasteiger partial charge in [-0.05, 0) is 69.4 Å². The number of halogens is 2. The van der Waals surface area contributed by atoms with E-state index in [1.807, 2.05) is 45.0 Å². The molecule has 1 spiro atoms. The Morgan fingerprint density at radius 2 is 1.95 bits per heavy atom. The minimum absolute atomic E-state index is 0.0717. The number of aryl methyl sites for hydroxylation is 2. The highest BCUT2D eigenvalue weighted by atomic mass is 19.2. The number of nitrogens with two attached hydrogens (primary N) is 1. The molecule has 0 radical (unpaired) electrons. The molecule has 2 aromatic heterocycles. The van der Waals surface area contributed by atoms with E-state index in [0.29, 0.717) is 23.4 Å². The largest absolute Gasteiger partial charge is 0.489 e. The molecule has 2 aromatic carbocycles. The Morgan fingerprint density at radius 3 is 2.64 bits per heavy atom. The Kier molecular flexibility index (Phi) is 6.83. The summed E-state index contributed by atoms with van der Waals surface area (Å²) in [6.07, 6.45) is 2.99. The van der Waals surface area contributed by atoms with Crippen molar-refractivity contribution in [3.63, 3.8) is 0 Å². The molecule has 0 bridgehead atoms. The second-order valence-corrected chi connectivity index (χ2v) is 11.5. The van der Waals surface area contributed by atoms with Crippen LogP contribution < -0.4 is 15.8 Å². The molecule has 4 aromatic rings. The molecule has 2 aliphatic rings. The molecule has 4 atom stereocenters. The number of primary amides is 1. The molecule has 11 heteroatoms. The number of nitrogens with zero attached hydrogens (tertiary/aromatic N) is 3. The van der Waals surface area contributed by atoms with Gasteiger partial charge in [0.2, 0.25) is 11.7 Å². The third kappa shape index (κ3) is 4.72. The van der Waals surface area contributed by atoms with Crippen molar-refractivity contribution in [3.05, 3.63) is 82.9 Å². The zero-order valence-electron chi connectivity index (χ0n) is 23.6. The van der Waals surface area contributed by atoms with E-state index in [-0.39, 0.29) is 36.6 Å². The SMILES string of the molecule is Cc1n[nH]c(C)c1-c1ccc(NC(=O)CC2c3ccc(F)c(F)c3OCC23CC3CC(C)n2nccc2C(N)=O)cc1. The number of amides is 2. The Labute approximate surface area is 241 Å². The molecular formula is C31H32F2N6O3. The average Bonchev–Trinajstić information content (AvgIpc) is 3.25. The highest BCUT2D eigenvalue weighted by Crippen LogP contribution is 2.67. The van der Waals surface area contributed by atoms with Gasteiger partial charge < -0.3 is 15.8 Å². The molecule has 9 nitrogen and oxygen atoms in total. The highest BCUT2D eigenvalue weighted by Gasteiger charge is 2.62. The Hall–Kier alpha value is -4.54. The molecule has 42 heavy (non-hydrogen) atoms. The molecule has 1 saturated carbocycles. The van der Waals surface area contributed by atoms with Gasteiger partial charge in [0.25, 0.3) is 5.91 Å². The number of aromatic amines is 1. The van der Waals surface area contributed by atoms with Gasteiger partial charge in [-0.1, -0.05) is 18.2 Å². The van der Waals surface area contributed by atoms with E-state index in [0.717, 1.165) is 35.0 Å². The van der Waals surface area contributed by atoms with E-state index in [1.54, 1.807) is 10.7 Å². The van der Waals surface area contributed by atoms with E-state index in [9.17, 15) is 18.4 Å². The van der Waals surface area contributed by atoms with Crippen molar-refractivity contribution in [2.75, 3.05) is 11.9 Å². The van der Waals surface area contributed by atoms with Gasteiger partial charge in [0, 0.05) is 46.5 Å². The minimum atomic E-state index is -1.04. The predicted octanol–water partition coefficient (Wildman–Crippen LogP) is 5.43. The van der Waals surface area contributed by atoms with E-state index in [2.05, 4.69) is 20.6 Å². The molecule has 1 aliphatic heterocycles. The Morgan fingerprint density at radius 1 is 1.19 bits per heavy atom. The van der Waals surface area contributed by atoms with Crippen LogP contribution in [0.3, 0.4) is 0 Å². The number of ether oxygens (including phenoxy) is 1. The maximum atomic E-state index is 14.8. The number of anilines is 1. The number of nitrogens with one attached hydrogen (secondary N) is 2. The molecule has 0 saturated heterocycles. The molecule has 218 valence electrons. The van der Waals surface area contributed by atoms with Gasteiger partial charge in [-0.2, -0.15) is 14.6 Å². The fourth-order valence-electron chi connectivity index (χ4n) is 6.69. The lowest BCUT2D eigenvalue weighted by atomic mass is 9.76. The highest BCUT2D eigenvalue weighted by molar-refractivity contribution is 5.92. The normalized spacial score (nSPS) is 21.5. The van der Waals surface area contributed by atoms with Gasteiger partial charge in [0.1, 0.15) is 5.69 Å². The lowest BCUT2D eigenvalue weighted by Crippen LogP contribution is -2.33. The molecule has 4 N–H and O–H groups in total. The lowest BCUT2D eigenvalue weighted by molar-refractivity contribution is -0.117. The number of benzene rings is 2. The first-order valence-electron chi connectivity index (χ1n) is 13.9. The number of hydrogen-bond donors (Lipinski definition) is 3. The number of rotatable bonds is 8. The fraction of sp³-hybridized carbons (Fsp3) is 0.355. The summed E-state index contributed by atoms with van der Waals surface area (Å²) in [6, 6.07) is 11.6. The third-order valence-electron chi connectivity index (χ3n) is 8.86. The maximum Gasteiger partial charge on any atom is 0.266 e. The molecule has 2 amide bonds. The van der Waals surface area contributed by atoms with Gasteiger partial charge >= 0.3 is 0 Å². The first-order chi connectivity index (χ1) is 20.1. The quantitative estimate of drug-likeness (QED) is 0.259. The van der Waals surface area contributed by atoms with Crippen LogP contribution in [0.4, 0.5) is 14.5 Å². The minimum Gasteiger partial charge on any atom is -0.489 e. The standard InChI is InChI=1S/C31H32F2N6O3/c1-16(39-25(30(34)41)10-11-35-39)12-20-14-31(20)15-42-29-22(8-9-24(32)28(29)33)23(31)13-26(40)36-21-6-4-19(5-7-21)27-17(2)37-38-18(27)3/h4-11,16,20,23H,12-15H2,1-3H3,(H2,34,41)(H,36,40)(H,37,38). The molecule has 1 aliphatic carbocycles. The van der Waals surface area contributed by atoms with Gasteiger partial charge in [-0.3, -0.25) is 19.4 Å². The van der Waals surface area contributed by atoms with Crippen molar-refractivity contribution >= 4 is 17.5 Å². The van der Waals surface area contributed by atoms with Crippen LogP contribution in [0.25, 0.3) is 11.1 Å². The summed E-state index contributed by atoms with van der Waals surface area (Å²) in [5.41, 5.74) is 10.4. The smallest absolute Gasteiger partial charge is 0.266 e. The zero-order chi connectivity index (χ0) is 29.8. The summed E-state index contributed by atoms with van der Waals surface area (Å²) in [6.45, 7) is 6.01. The summed E-state index contributed by atoms with van der Waals surface area (Å²) in [5, 5.41) is 14.5. The Balaban J connectivity index is 1.23. The number of H-pyrrole nitrogens is 1. The van der Waals surface area contributed by atoms with Gasteiger partial charge in [-0.15, -0.1) is 0 Å². The summed E-state index contributed by atoms with van der Waals surface area (Å²) in [4.78, 5) is 25.3. The van der Waals surface area contributed by atoms with Crippen molar-refractivity contribution in [2.45, 2.75) is 52.0 Å². The van der Waals surface area contributed by atoms with Crippen molar-refractivity contribution < 1.29 is 23.1 Å². The second-order valence-electron chi connectivity index (χ2n) is 11.5. The summed E-state index contributed by atoms with van der Waals surface area (Å²) < 4.78 is 36.3. The van der Waals surface area contributed by atoms with Crippen LogP contribution in [0.15, 0.2) is 48.7 Å². The zero-order valence-corrected chi connectivity index (χ0v) is 23.6. The molecule has 1 fully saturated rings. The fourth-order valence-corrected chi connectivity index (χ4v) is 6.69. The van der Waals surface area contributed by atoms with Crippen LogP contribution in [-0.2, 0) is 4.79 Å². The number of carbonyl (C=O) groups is 2. The summed E-state index contributed by atoms with van der Waals surface area (Å²) in [7, 11) is 0. The molecule has 6 rings (SSSR count). The monoisotopic (exact) mass is 574 g/mol. The van der Waals surface area contributed by atoms with Crippen molar-refractivity contribution in [3.8, 4) is 16.9 Å². The predicted molar refractivity (Wildman–Crippen MR) is 152 cm³/mol. The van der Waals surface area contributed by atoms with E-state index < -0.39 is 28.9 Å². The van der Waals surface area contributed by atoms with Crippen LogP contribution in [0, 0.1) is 36.8 Å². The molecule has 3 heterocycles. The van der Waals surface area contributed by atoms with Crippen LogP contribution in [0.5, 0.6) is 5.75 Å². The van der Waals surface area contributed by atoms with Crippen molar-refractivity contribution in [2.24, 2.45) is 17.1 Å². The first kappa shape index (κ1) is 27.6. The van der Waals surface area contributed by atoms with Gasteiger partial charge in [0.05, 0.1) is 18.3 Å². The number of hydrogen-bond acceptors (Lipinski definition) is 5. The third-order valence-corrected chi connectivity index (χ3v) is 8.86. The topological polar surface area (TPSA) is 128 Å². The van der Waals surface area contributed by atoms with Crippen LogP contribution >= 0.6 is 0 Å². The van der Waals surface area contributed by atoms with E-state index >= 15 is 0 Å². The average molecular weight is 575 g/mol. The number of fused-ring (bicyclic) bond motifs is 1. The summed E-state index contributed by atoms with van der Waals surface area (Å²) in [5.74, 6) is -3.24. The molecular weight excluding hydrogens is 542 g/mol. The van der Waals surface area contributed by atoms with Gasteiger partial charge in [0.15, 0.2) is 11.6 Å². The maximum absolute atomic E-state index is 14.8. The second kappa shape index (κ2) is 10.4. The van der Waals surface area contributed by atoms with E-state index in [1.165, 1.54) is 12.3 Å². The van der Waals surface area contributed by atoms with Gasteiger partial charge in [-0.25, -0.2) is 4.39 Å². The molecule has 4 unspecified atom stereocenters. The van der Waals surface area contributed by atoms with Crippen LogP contribution in [-0.4, -0.2) is 38.4 Å². The van der Waals surface area contributed by atoms with Crippen LogP contribution in [0.2, 0.25) is 0 Å². The van der Waals surface area contributed by atoms with E-state index in [4.69, 9.17) is 10.5 Å². The lowest BCUT2D eigenvalue weighted by Gasteiger charge is -2.35. The van der Waals surface area contributed by atoms with Crippen molar-refractivity contribution in [1.29, 1.82) is 0 Å².